The molecule has 112 valence electrons. The summed E-state index contributed by atoms with van der Waals surface area (Å²) in [5, 5.41) is 5.67. The van der Waals surface area contributed by atoms with E-state index in [1.807, 2.05) is 12.1 Å². The molecule has 1 aliphatic rings. The molecular formula is C19H13BrN2O. The summed E-state index contributed by atoms with van der Waals surface area (Å²) in [7, 11) is 0. The molecule has 4 heteroatoms. The number of aromatic amines is 1. The van der Waals surface area contributed by atoms with Gasteiger partial charge in [-0.3, -0.25) is 0 Å². The Kier molecular flexibility index (Phi) is 2.76. The fourth-order valence-corrected chi connectivity index (χ4v) is 3.74. The summed E-state index contributed by atoms with van der Waals surface area (Å²) in [6.07, 6.45) is 1.97. The van der Waals surface area contributed by atoms with Gasteiger partial charge in [0.2, 0.25) is 0 Å². The van der Waals surface area contributed by atoms with Gasteiger partial charge in [0, 0.05) is 26.5 Å². The number of fused-ring (bicyclic) bond motifs is 5. The van der Waals surface area contributed by atoms with Gasteiger partial charge >= 0.3 is 0 Å². The van der Waals surface area contributed by atoms with Crippen molar-refractivity contribution in [2.75, 3.05) is 0 Å². The summed E-state index contributed by atoms with van der Waals surface area (Å²) in [5.74, 6) is 0.886. The molecule has 0 aliphatic heterocycles. The summed E-state index contributed by atoms with van der Waals surface area (Å²) in [6, 6.07) is 16.6. The number of hydrogen-bond acceptors (Lipinski definition) is 2. The van der Waals surface area contributed by atoms with Crippen molar-refractivity contribution in [3.05, 3.63) is 64.1 Å². The van der Waals surface area contributed by atoms with Crippen molar-refractivity contribution >= 4 is 26.8 Å². The van der Waals surface area contributed by atoms with Gasteiger partial charge in [0.05, 0.1) is 5.69 Å². The highest BCUT2D eigenvalue weighted by Gasteiger charge is 2.27. The minimum atomic E-state index is 0.886. The van der Waals surface area contributed by atoms with Crippen LogP contribution in [0.2, 0.25) is 0 Å². The topological polar surface area (TPSA) is 41.8 Å². The number of nitrogens with one attached hydrogen (secondary N) is 1. The Hall–Kier alpha value is -2.33. The number of rotatable bonds is 1. The van der Waals surface area contributed by atoms with Crippen LogP contribution in [-0.2, 0) is 12.8 Å². The van der Waals surface area contributed by atoms with Crippen LogP contribution in [-0.4, -0.2) is 10.1 Å². The van der Waals surface area contributed by atoms with Crippen molar-refractivity contribution in [2.24, 2.45) is 0 Å². The fraction of sp³-hybridized carbons (Fsp3) is 0.105. The minimum Gasteiger partial charge on any atom is -0.355 e. The third kappa shape index (κ3) is 1.91. The van der Waals surface area contributed by atoms with E-state index in [0.717, 1.165) is 40.0 Å². The van der Waals surface area contributed by atoms with Crippen LogP contribution >= 0.6 is 15.9 Å². The van der Waals surface area contributed by atoms with E-state index in [1.165, 1.54) is 22.0 Å². The van der Waals surface area contributed by atoms with Gasteiger partial charge in [-0.25, -0.2) is 0 Å². The lowest BCUT2D eigenvalue weighted by atomic mass is 9.91. The van der Waals surface area contributed by atoms with Crippen LogP contribution < -0.4 is 0 Å². The van der Waals surface area contributed by atoms with Crippen molar-refractivity contribution < 1.29 is 4.52 Å². The van der Waals surface area contributed by atoms with E-state index in [-0.39, 0.29) is 0 Å². The minimum absolute atomic E-state index is 0.886. The van der Waals surface area contributed by atoms with Crippen molar-refractivity contribution in [2.45, 2.75) is 12.8 Å². The molecular weight excluding hydrogens is 352 g/mol. The second-order valence-corrected chi connectivity index (χ2v) is 6.79. The number of para-hydroxylation sites is 1. The lowest BCUT2D eigenvalue weighted by Gasteiger charge is -2.11. The van der Waals surface area contributed by atoms with E-state index >= 15 is 0 Å². The maximum Gasteiger partial charge on any atom is 0.170 e. The van der Waals surface area contributed by atoms with Crippen LogP contribution in [0.4, 0.5) is 0 Å². The van der Waals surface area contributed by atoms with Gasteiger partial charge in [-0.1, -0.05) is 51.4 Å². The van der Waals surface area contributed by atoms with Gasteiger partial charge in [-0.15, -0.1) is 0 Å². The molecule has 0 atom stereocenters. The first kappa shape index (κ1) is 13.1. The van der Waals surface area contributed by atoms with Crippen LogP contribution in [0.15, 0.2) is 57.5 Å². The highest BCUT2D eigenvalue weighted by molar-refractivity contribution is 9.10. The molecule has 0 fully saturated rings. The van der Waals surface area contributed by atoms with Crippen LogP contribution in [0.3, 0.4) is 0 Å². The van der Waals surface area contributed by atoms with E-state index in [2.05, 4.69) is 62.5 Å². The monoisotopic (exact) mass is 364 g/mol. The number of aromatic nitrogens is 2. The molecule has 23 heavy (non-hydrogen) atoms. The SMILES string of the molecule is Brc1ccc(-c2onc3c2CCc2c-3[nH]c3ccccc23)cc1. The number of nitrogens with zero attached hydrogens (tertiary/aromatic N) is 1. The van der Waals surface area contributed by atoms with E-state index in [0.29, 0.717) is 0 Å². The standard InChI is InChI=1S/C19H13BrN2O/c20-12-7-5-11(6-8-12)19-15-10-9-14-13-3-1-2-4-16(13)21-17(14)18(15)22-23-19/h1-8,21H,9-10H2. The zero-order valence-electron chi connectivity index (χ0n) is 12.3. The Labute approximate surface area is 141 Å². The summed E-state index contributed by atoms with van der Waals surface area (Å²) >= 11 is 3.47. The van der Waals surface area contributed by atoms with Crippen molar-refractivity contribution in [1.29, 1.82) is 0 Å². The van der Waals surface area contributed by atoms with Crippen molar-refractivity contribution in [1.82, 2.24) is 10.1 Å². The normalized spacial score (nSPS) is 13.1. The molecule has 3 nitrogen and oxygen atoms in total. The maximum atomic E-state index is 5.71. The second kappa shape index (κ2) is 4.83. The fourth-order valence-electron chi connectivity index (χ4n) is 3.48. The second-order valence-electron chi connectivity index (χ2n) is 5.87. The Morgan fingerprint density at radius 2 is 1.74 bits per heavy atom. The predicted molar refractivity (Wildman–Crippen MR) is 94.3 cm³/mol. The molecule has 0 amide bonds. The lowest BCUT2D eigenvalue weighted by molar-refractivity contribution is 0.434. The van der Waals surface area contributed by atoms with Gasteiger partial charge in [0.25, 0.3) is 0 Å². The van der Waals surface area contributed by atoms with Crippen molar-refractivity contribution in [3.8, 4) is 22.7 Å². The first-order valence-electron chi connectivity index (χ1n) is 7.66. The third-order valence-corrected chi connectivity index (χ3v) is 5.10. The number of benzene rings is 2. The first-order chi connectivity index (χ1) is 11.3. The third-order valence-electron chi connectivity index (χ3n) is 4.57. The Morgan fingerprint density at radius 3 is 2.61 bits per heavy atom. The Morgan fingerprint density at radius 1 is 0.957 bits per heavy atom. The Bertz CT molecular complexity index is 1030. The van der Waals surface area contributed by atoms with E-state index in [1.54, 1.807) is 0 Å². The molecule has 4 aromatic rings. The van der Waals surface area contributed by atoms with Crippen LogP contribution in [0, 0.1) is 0 Å². The quantitative estimate of drug-likeness (QED) is 0.494. The van der Waals surface area contributed by atoms with Crippen molar-refractivity contribution in [3.63, 3.8) is 0 Å². The van der Waals surface area contributed by atoms with Gasteiger partial charge in [-0.2, -0.15) is 0 Å². The molecule has 1 N–H and O–H groups in total. The van der Waals surface area contributed by atoms with Crippen LogP contribution in [0.1, 0.15) is 11.1 Å². The van der Waals surface area contributed by atoms with Gasteiger partial charge in [-0.05, 0) is 36.6 Å². The maximum absolute atomic E-state index is 5.71. The summed E-state index contributed by atoms with van der Waals surface area (Å²) < 4.78 is 6.77. The van der Waals surface area contributed by atoms with E-state index in [9.17, 15) is 0 Å². The lowest BCUT2D eigenvalue weighted by Crippen LogP contribution is -2.02. The number of hydrogen-bond donors (Lipinski definition) is 1. The largest absolute Gasteiger partial charge is 0.355 e. The highest BCUT2D eigenvalue weighted by atomic mass is 79.9. The highest BCUT2D eigenvalue weighted by Crippen LogP contribution is 2.41. The average molecular weight is 365 g/mol. The average Bonchev–Trinajstić information content (AvgIpc) is 3.16. The number of aryl methyl sites for hydroxylation is 1. The summed E-state index contributed by atoms with van der Waals surface area (Å²) in [6.45, 7) is 0. The molecule has 2 aromatic carbocycles. The van der Waals surface area contributed by atoms with Gasteiger partial charge in [0.1, 0.15) is 5.69 Å². The first-order valence-corrected chi connectivity index (χ1v) is 8.45. The van der Waals surface area contributed by atoms with Crippen LogP contribution in [0.25, 0.3) is 33.6 Å². The summed E-state index contributed by atoms with van der Waals surface area (Å²) in [4.78, 5) is 3.52. The van der Waals surface area contributed by atoms with Gasteiger partial charge < -0.3 is 9.51 Å². The van der Waals surface area contributed by atoms with E-state index in [4.69, 9.17) is 4.52 Å². The zero-order valence-corrected chi connectivity index (χ0v) is 13.9. The molecule has 5 rings (SSSR count). The molecule has 0 radical (unpaired) electrons. The zero-order chi connectivity index (χ0) is 15.4. The smallest absolute Gasteiger partial charge is 0.170 e. The molecule has 0 saturated carbocycles. The molecule has 0 unspecified atom stereocenters. The van der Waals surface area contributed by atoms with Gasteiger partial charge in [0.15, 0.2) is 5.76 Å². The molecule has 0 bridgehead atoms. The number of H-pyrrole nitrogens is 1. The molecule has 2 aromatic heterocycles. The molecule has 0 saturated heterocycles. The van der Waals surface area contributed by atoms with E-state index < -0.39 is 0 Å². The molecule has 2 heterocycles. The van der Waals surface area contributed by atoms with Crippen LogP contribution in [0.5, 0.6) is 0 Å². The molecule has 0 spiro atoms. The predicted octanol–water partition coefficient (Wildman–Crippen LogP) is 5.35. The molecule has 1 aliphatic carbocycles. The summed E-state index contributed by atoms with van der Waals surface area (Å²) in [5.41, 5.74) is 6.86. The number of halogens is 1. The Balaban J connectivity index is 1.71.